The van der Waals surface area contributed by atoms with Crippen LogP contribution < -0.4 is 0 Å². The lowest BCUT2D eigenvalue weighted by Crippen LogP contribution is -2.10. The molecule has 0 aliphatic heterocycles. The first-order valence-electron chi connectivity index (χ1n) is 20.9. The van der Waals surface area contributed by atoms with E-state index in [2.05, 4.69) is 234 Å². The van der Waals surface area contributed by atoms with Crippen molar-refractivity contribution in [3.63, 3.8) is 0 Å². The fourth-order valence-corrected chi connectivity index (χ4v) is 9.01. The summed E-state index contributed by atoms with van der Waals surface area (Å²) < 4.78 is 4.34. The Labute approximate surface area is 358 Å². The van der Waals surface area contributed by atoms with Crippen molar-refractivity contribution in [2.24, 2.45) is 0 Å². The van der Waals surface area contributed by atoms with Gasteiger partial charge in [0, 0.05) is 27.1 Å². The molecule has 3 heterocycles. The normalized spacial score (nSPS) is 11.5. The Bertz CT molecular complexity index is 3380. The molecule has 0 aliphatic carbocycles. The summed E-state index contributed by atoms with van der Waals surface area (Å²) in [6.45, 7) is 0. The third-order valence-corrected chi connectivity index (χ3v) is 12.0. The van der Waals surface area contributed by atoms with E-state index in [0.717, 1.165) is 60.3 Å². The van der Waals surface area contributed by atoms with E-state index in [-0.39, 0.29) is 0 Å². The number of para-hydroxylation sites is 4. The van der Waals surface area contributed by atoms with Gasteiger partial charge in [0.1, 0.15) is 0 Å². The zero-order valence-corrected chi connectivity index (χ0v) is 33.6. The van der Waals surface area contributed by atoms with Crippen molar-refractivity contribution in [1.29, 1.82) is 0 Å². The molecule has 9 aromatic carbocycles. The van der Waals surface area contributed by atoms with Gasteiger partial charge in [-0.15, -0.1) is 0 Å². The Morgan fingerprint density at radius 3 is 0.919 bits per heavy atom. The Hall–Kier alpha value is -8.41. The molecule has 0 unspecified atom stereocenters. The molecule has 0 saturated heterocycles. The maximum absolute atomic E-state index is 5.29. The van der Waals surface area contributed by atoms with E-state index < -0.39 is 0 Å². The molecule has 5 heteroatoms. The minimum atomic E-state index is 0.565. The van der Waals surface area contributed by atoms with Crippen LogP contribution in [0.25, 0.3) is 111 Å². The summed E-state index contributed by atoms with van der Waals surface area (Å²) >= 11 is 0. The van der Waals surface area contributed by atoms with Gasteiger partial charge in [-0.25, -0.2) is 0 Å². The molecule has 0 N–H and O–H groups in total. The lowest BCUT2D eigenvalue weighted by Gasteiger charge is -2.13. The Balaban J connectivity index is 0.939. The number of benzene rings is 9. The fraction of sp³-hybridized carbons (Fsp3) is 0. The van der Waals surface area contributed by atoms with Gasteiger partial charge in [0.15, 0.2) is 5.82 Å². The highest BCUT2D eigenvalue weighted by molar-refractivity contribution is 6.10. The lowest BCUT2D eigenvalue weighted by atomic mass is 9.95. The van der Waals surface area contributed by atoms with Crippen LogP contribution in [0, 0.1) is 0 Å². The maximum atomic E-state index is 5.29. The Kier molecular flexibility index (Phi) is 8.42. The number of hydrogen-bond acceptors (Lipinski definition) is 3. The summed E-state index contributed by atoms with van der Waals surface area (Å²) in [6.07, 6.45) is 0. The van der Waals surface area contributed by atoms with E-state index in [4.69, 9.17) is 15.0 Å². The smallest absolute Gasteiger partial charge is 0.240 e. The zero-order valence-electron chi connectivity index (χ0n) is 33.6. The van der Waals surface area contributed by atoms with Crippen LogP contribution in [0.5, 0.6) is 0 Å². The molecule has 0 saturated carbocycles. The molecule has 290 valence electrons. The van der Waals surface area contributed by atoms with Gasteiger partial charge in [0.05, 0.1) is 22.1 Å². The van der Waals surface area contributed by atoms with Gasteiger partial charge in [-0.3, -0.25) is 9.13 Å². The van der Waals surface area contributed by atoms with Crippen LogP contribution in [0.4, 0.5) is 0 Å². The number of aromatic nitrogens is 5. The lowest BCUT2D eigenvalue weighted by molar-refractivity contribution is 0.893. The first-order valence-corrected chi connectivity index (χ1v) is 20.9. The standard InChI is InChI=1S/C57H37N5/c1-2-14-38(15-3-1)39-28-30-40(31-29-39)43-16-12-18-45(36-43)46-19-13-17-44(37-46)41-32-34-42(35-33-41)55-58-56(61-51-24-8-4-20-47(51)48-21-5-9-25-52(48)61)60-57(59-55)62-53-26-10-6-22-49(53)50-23-7-11-27-54(50)62/h1-37H. The van der Waals surface area contributed by atoms with Crippen LogP contribution in [0.3, 0.4) is 0 Å². The summed E-state index contributed by atoms with van der Waals surface area (Å²) in [5, 5.41) is 4.61. The molecule has 0 spiro atoms. The van der Waals surface area contributed by atoms with E-state index in [9.17, 15) is 0 Å². The van der Waals surface area contributed by atoms with Crippen molar-refractivity contribution in [3.8, 4) is 67.8 Å². The van der Waals surface area contributed by atoms with Crippen LogP contribution >= 0.6 is 0 Å². The van der Waals surface area contributed by atoms with E-state index >= 15 is 0 Å². The summed E-state index contributed by atoms with van der Waals surface area (Å²) in [5.74, 6) is 1.73. The first kappa shape index (κ1) is 35.5. The molecule has 0 amide bonds. The highest BCUT2D eigenvalue weighted by atomic mass is 15.3. The number of rotatable bonds is 7. The molecule has 0 radical (unpaired) electrons. The molecule has 0 aliphatic rings. The van der Waals surface area contributed by atoms with E-state index in [1.807, 2.05) is 0 Å². The summed E-state index contributed by atoms with van der Waals surface area (Å²) in [5.41, 5.74) is 14.5. The highest BCUT2D eigenvalue weighted by Gasteiger charge is 2.20. The van der Waals surface area contributed by atoms with Crippen LogP contribution in [0.1, 0.15) is 0 Å². The largest absolute Gasteiger partial charge is 0.278 e. The fourth-order valence-electron chi connectivity index (χ4n) is 9.01. The van der Waals surface area contributed by atoms with Crippen molar-refractivity contribution in [2.75, 3.05) is 0 Å². The predicted molar refractivity (Wildman–Crippen MR) is 256 cm³/mol. The van der Waals surface area contributed by atoms with E-state index in [1.165, 1.54) is 33.4 Å². The van der Waals surface area contributed by atoms with Crippen molar-refractivity contribution in [2.45, 2.75) is 0 Å². The van der Waals surface area contributed by atoms with Gasteiger partial charge in [-0.1, -0.05) is 188 Å². The average Bonchev–Trinajstić information content (AvgIpc) is 3.88. The molecule has 5 nitrogen and oxygen atoms in total. The molecule has 12 aromatic rings. The summed E-state index contributed by atoms with van der Waals surface area (Å²) in [7, 11) is 0. The molecule has 3 aromatic heterocycles. The molecule has 0 bridgehead atoms. The van der Waals surface area contributed by atoms with Crippen LogP contribution in [-0.4, -0.2) is 24.1 Å². The van der Waals surface area contributed by atoms with Crippen molar-refractivity contribution < 1.29 is 0 Å². The van der Waals surface area contributed by atoms with Gasteiger partial charge in [0.25, 0.3) is 0 Å². The van der Waals surface area contributed by atoms with Gasteiger partial charge >= 0.3 is 0 Å². The zero-order chi connectivity index (χ0) is 41.0. The van der Waals surface area contributed by atoms with Crippen LogP contribution in [0.15, 0.2) is 224 Å². The minimum Gasteiger partial charge on any atom is -0.278 e. The SMILES string of the molecule is c1ccc(-c2ccc(-c3cccc(-c4cccc(-c5ccc(-c6nc(-n7c8ccccc8c8ccccc87)nc(-n7c8ccccc8c8ccccc87)n6)cc5)c4)c3)cc2)cc1. The maximum Gasteiger partial charge on any atom is 0.240 e. The third-order valence-electron chi connectivity index (χ3n) is 12.0. The number of nitrogens with zero attached hydrogens (tertiary/aromatic N) is 5. The second-order valence-corrected chi connectivity index (χ2v) is 15.7. The van der Waals surface area contributed by atoms with E-state index in [0.29, 0.717) is 17.7 Å². The summed E-state index contributed by atoms with van der Waals surface area (Å²) in [4.78, 5) is 15.8. The molecule has 62 heavy (non-hydrogen) atoms. The quantitative estimate of drug-likeness (QED) is 0.162. The Morgan fingerprint density at radius 2 is 0.516 bits per heavy atom. The van der Waals surface area contributed by atoms with Gasteiger partial charge in [-0.2, -0.15) is 15.0 Å². The molecule has 0 atom stereocenters. The first-order chi connectivity index (χ1) is 30.7. The van der Waals surface area contributed by atoms with Gasteiger partial charge < -0.3 is 0 Å². The molecular weight excluding hydrogens is 755 g/mol. The molecule has 12 rings (SSSR count). The highest BCUT2D eigenvalue weighted by Crippen LogP contribution is 2.36. The number of hydrogen-bond donors (Lipinski definition) is 0. The number of fused-ring (bicyclic) bond motifs is 6. The minimum absolute atomic E-state index is 0.565. The second-order valence-electron chi connectivity index (χ2n) is 15.7. The van der Waals surface area contributed by atoms with Gasteiger partial charge in [0.2, 0.25) is 11.9 Å². The third kappa shape index (κ3) is 6.06. The average molecular weight is 792 g/mol. The van der Waals surface area contributed by atoms with Gasteiger partial charge in [-0.05, 0) is 80.9 Å². The van der Waals surface area contributed by atoms with Crippen LogP contribution in [0.2, 0.25) is 0 Å². The Morgan fingerprint density at radius 1 is 0.226 bits per heavy atom. The topological polar surface area (TPSA) is 48.5 Å². The second kappa shape index (κ2) is 14.7. The molecule has 0 fully saturated rings. The van der Waals surface area contributed by atoms with Crippen molar-refractivity contribution >= 4 is 43.6 Å². The van der Waals surface area contributed by atoms with Crippen molar-refractivity contribution in [1.82, 2.24) is 24.1 Å². The van der Waals surface area contributed by atoms with E-state index in [1.54, 1.807) is 0 Å². The van der Waals surface area contributed by atoms with Crippen molar-refractivity contribution in [3.05, 3.63) is 224 Å². The molecular formula is C57H37N5. The summed E-state index contributed by atoms with van der Waals surface area (Å²) in [6, 6.07) is 79.4. The van der Waals surface area contributed by atoms with Crippen LogP contribution in [-0.2, 0) is 0 Å². The monoisotopic (exact) mass is 791 g/mol. The predicted octanol–water partition coefficient (Wildman–Crippen LogP) is 14.4.